The Kier molecular flexibility index (Phi) is 1.51. The minimum atomic E-state index is -0.491. The number of hydrogen-bond donors (Lipinski definition) is 2. The molecule has 0 aliphatic carbocycles. The van der Waals surface area contributed by atoms with Crippen LogP contribution in [0.4, 0.5) is 0 Å². The number of rotatable bonds is 1. The van der Waals surface area contributed by atoms with Crippen LogP contribution in [-0.2, 0) is 0 Å². The van der Waals surface area contributed by atoms with E-state index in [9.17, 15) is 4.79 Å². The fraction of sp³-hybridized carbons (Fsp3) is 0.125. The number of imidazole rings is 1. The van der Waals surface area contributed by atoms with Crippen molar-refractivity contribution in [2.45, 2.75) is 6.92 Å². The van der Waals surface area contributed by atoms with Crippen molar-refractivity contribution in [1.82, 2.24) is 15.0 Å². The topological polar surface area (TPSA) is 84.7 Å². The lowest BCUT2D eigenvalue weighted by molar-refractivity contribution is 0.1000. The number of nitrogens with zero attached hydrogens (tertiary/aromatic N) is 2. The highest BCUT2D eigenvalue weighted by Crippen LogP contribution is 2.09. The van der Waals surface area contributed by atoms with E-state index >= 15 is 0 Å². The number of H-pyrrole nitrogens is 1. The maximum atomic E-state index is 10.8. The third-order valence-corrected chi connectivity index (χ3v) is 1.74. The monoisotopic (exact) mass is 176 g/mol. The van der Waals surface area contributed by atoms with E-state index in [-0.39, 0.29) is 0 Å². The van der Waals surface area contributed by atoms with Crippen molar-refractivity contribution >= 4 is 17.1 Å². The second-order valence-corrected chi connectivity index (χ2v) is 2.78. The summed E-state index contributed by atoms with van der Waals surface area (Å²) < 4.78 is 0. The van der Waals surface area contributed by atoms with Crippen molar-refractivity contribution in [2.75, 3.05) is 0 Å². The number of aryl methyl sites for hydroxylation is 1. The maximum absolute atomic E-state index is 10.8. The van der Waals surface area contributed by atoms with Crippen LogP contribution < -0.4 is 5.73 Å². The van der Waals surface area contributed by atoms with E-state index < -0.39 is 5.91 Å². The number of pyridine rings is 1. The Morgan fingerprint density at radius 2 is 2.38 bits per heavy atom. The van der Waals surface area contributed by atoms with Crippen molar-refractivity contribution in [3.8, 4) is 0 Å². The van der Waals surface area contributed by atoms with E-state index in [1.807, 2.05) is 6.92 Å². The molecule has 5 heteroatoms. The number of aromatic amines is 1. The fourth-order valence-electron chi connectivity index (χ4n) is 1.15. The zero-order valence-electron chi connectivity index (χ0n) is 7.03. The number of carbonyl (C=O) groups is 1. The molecule has 13 heavy (non-hydrogen) atoms. The second kappa shape index (κ2) is 2.55. The van der Waals surface area contributed by atoms with E-state index in [1.165, 1.54) is 6.20 Å². The van der Waals surface area contributed by atoms with Crippen molar-refractivity contribution in [3.05, 3.63) is 23.7 Å². The minimum Gasteiger partial charge on any atom is -0.366 e. The molecule has 0 aromatic carbocycles. The van der Waals surface area contributed by atoms with Gasteiger partial charge in [0, 0.05) is 6.20 Å². The summed E-state index contributed by atoms with van der Waals surface area (Å²) in [6.45, 7) is 1.83. The largest absolute Gasteiger partial charge is 0.366 e. The number of primary amides is 1. The van der Waals surface area contributed by atoms with Gasteiger partial charge in [-0.25, -0.2) is 9.97 Å². The Hall–Kier alpha value is -1.91. The Morgan fingerprint density at radius 3 is 3.08 bits per heavy atom. The first kappa shape index (κ1) is 7.72. The average molecular weight is 176 g/mol. The summed E-state index contributed by atoms with van der Waals surface area (Å²) in [6, 6.07) is 1.62. The molecule has 0 fully saturated rings. The highest BCUT2D eigenvalue weighted by atomic mass is 16.1. The minimum absolute atomic E-state index is 0.374. The van der Waals surface area contributed by atoms with Gasteiger partial charge in [-0.2, -0.15) is 0 Å². The zero-order valence-corrected chi connectivity index (χ0v) is 7.03. The van der Waals surface area contributed by atoms with E-state index in [4.69, 9.17) is 5.73 Å². The van der Waals surface area contributed by atoms with Crippen molar-refractivity contribution in [1.29, 1.82) is 0 Å². The van der Waals surface area contributed by atoms with Gasteiger partial charge in [-0.15, -0.1) is 0 Å². The van der Waals surface area contributed by atoms with Crippen LogP contribution in [0.5, 0.6) is 0 Å². The first-order valence-corrected chi connectivity index (χ1v) is 3.79. The molecule has 0 bridgehead atoms. The van der Waals surface area contributed by atoms with Gasteiger partial charge < -0.3 is 10.7 Å². The van der Waals surface area contributed by atoms with Crippen molar-refractivity contribution in [2.24, 2.45) is 5.73 Å². The molecule has 66 valence electrons. The van der Waals surface area contributed by atoms with Crippen molar-refractivity contribution in [3.63, 3.8) is 0 Å². The molecule has 2 aromatic rings. The highest BCUT2D eigenvalue weighted by Gasteiger charge is 2.05. The second-order valence-electron chi connectivity index (χ2n) is 2.78. The zero-order chi connectivity index (χ0) is 9.42. The Labute approximate surface area is 74.0 Å². The molecule has 5 nitrogen and oxygen atoms in total. The first-order chi connectivity index (χ1) is 6.16. The molecular weight excluding hydrogens is 168 g/mol. The van der Waals surface area contributed by atoms with Gasteiger partial charge in [0.15, 0.2) is 5.65 Å². The molecule has 0 radical (unpaired) electrons. The van der Waals surface area contributed by atoms with Crippen LogP contribution in [0.25, 0.3) is 11.2 Å². The summed E-state index contributed by atoms with van der Waals surface area (Å²) in [5.41, 5.74) is 6.80. The quantitative estimate of drug-likeness (QED) is 0.658. The lowest BCUT2D eigenvalue weighted by Gasteiger charge is -1.92. The van der Waals surface area contributed by atoms with E-state index in [0.717, 1.165) is 5.82 Å². The molecule has 1 amide bonds. The van der Waals surface area contributed by atoms with Gasteiger partial charge in [-0.1, -0.05) is 0 Å². The lowest BCUT2D eigenvalue weighted by atomic mass is 10.2. The summed E-state index contributed by atoms with van der Waals surface area (Å²) >= 11 is 0. The summed E-state index contributed by atoms with van der Waals surface area (Å²) in [4.78, 5) is 21.9. The Bertz CT molecular complexity index is 474. The molecule has 0 saturated carbocycles. The number of amides is 1. The first-order valence-electron chi connectivity index (χ1n) is 3.79. The molecule has 3 N–H and O–H groups in total. The number of nitrogens with one attached hydrogen (secondary N) is 1. The molecule has 2 rings (SSSR count). The van der Waals surface area contributed by atoms with E-state index in [2.05, 4.69) is 15.0 Å². The summed E-state index contributed by atoms with van der Waals surface area (Å²) in [5.74, 6) is 0.277. The smallest absolute Gasteiger partial charge is 0.250 e. The summed E-state index contributed by atoms with van der Waals surface area (Å²) in [7, 11) is 0. The summed E-state index contributed by atoms with van der Waals surface area (Å²) in [6.07, 6.45) is 1.43. The predicted octanol–water partition coefficient (Wildman–Crippen LogP) is 0.365. The van der Waals surface area contributed by atoms with Crippen LogP contribution in [-0.4, -0.2) is 20.9 Å². The van der Waals surface area contributed by atoms with Gasteiger partial charge in [0.25, 0.3) is 0 Å². The van der Waals surface area contributed by atoms with Gasteiger partial charge in [-0.3, -0.25) is 4.79 Å². The maximum Gasteiger partial charge on any atom is 0.250 e. The van der Waals surface area contributed by atoms with Gasteiger partial charge in [0.2, 0.25) is 5.91 Å². The lowest BCUT2D eigenvalue weighted by Crippen LogP contribution is -2.10. The number of carbonyl (C=O) groups excluding carboxylic acids is 1. The number of hydrogen-bond acceptors (Lipinski definition) is 3. The molecule has 0 aliphatic rings. The molecule has 0 spiro atoms. The Balaban J connectivity index is 2.67. The summed E-state index contributed by atoms with van der Waals surface area (Å²) in [5, 5.41) is 0. The number of nitrogens with two attached hydrogens (primary N) is 1. The van der Waals surface area contributed by atoms with Gasteiger partial charge in [0.1, 0.15) is 11.3 Å². The predicted molar refractivity (Wildman–Crippen MR) is 47.1 cm³/mol. The molecule has 0 unspecified atom stereocenters. The highest BCUT2D eigenvalue weighted by molar-refractivity contribution is 5.95. The van der Waals surface area contributed by atoms with Crippen LogP contribution in [0, 0.1) is 6.92 Å². The molecular formula is C8H8N4O. The van der Waals surface area contributed by atoms with E-state index in [0.29, 0.717) is 16.7 Å². The normalized spacial score (nSPS) is 10.5. The SMILES string of the molecule is Cc1nc2cc(C(N)=O)cnc2[nH]1. The van der Waals surface area contributed by atoms with Crippen LogP contribution in [0.1, 0.15) is 16.2 Å². The van der Waals surface area contributed by atoms with Crippen LogP contribution in [0.15, 0.2) is 12.3 Å². The van der Waals surface area contributed by atoms with Gasteiger partial charge in [-0.05, 0) is 13.0 Å². The molecule has 0 atom stereocenters. The van der Waals surface area contributed by atoms with Gasteiger partial charge >= 0.3 is 0 Å². The van der Waals surface area contributed by atoms with Crippen LogP contribution in [0.3, 0.4) is 0 Å². The number of fused-ring (bicyclic) bond motifs is 1. The third-order valence-electron chi connectivity index (χ3n) is 1.74. The van der Waals surface area contributed by atoms with Crippen LogP contribution >= 0.6 is 0 Å². The molecule has 2 heterocycles. The standard InChI is InChI=1S/C8H8N4O/c1-4-11-6-2-5(7(9)13)3-10-8(6)12-4/h2-3H,1H3,(H2,9,13)(H,10,11,12). The van der Waals surface area contributed by atoms with Crippen molar-refractivity contribution < 1.29 is 4.79 Å². The average Bonchev–Trinajstić information content (AvgIpc) is 2.42. The fourth-order valence-corrected chi connectivity index (χ4v) is 1.15. The van der Waals surface area contributed by atoms with Gasteiger partial charge in [0.05, 0.1) is 5.56 Å². The number of aromatic nitrogens is 3. The molecule has 0 aliphatic heterocycles. The van der Waals surface area contributed by atoms with E-state index in [1.54, 1.807) is 6.07 Å². The van der Waals surface area contributed by atoms with Crippen LogP contribution in [0.2, 0.25) is 0 Å². The molecule has 0 saturated heterocycles. The third kappa shape index (κ3) is 1.24. The molecule has 2 aromatic heterocycles. The Morgan fingerprint density at radius 1 is 1.62 bits per heavy atom.